The molecule has 0 aliphatic heterocycles. The van der Waals surface area contributed by atoms with Crippen LogP contribution < -0.4 is 10.1 Å². The van der Waals surface area contributed by atoms with Gasteiger partial charge in [0.25, 0.3) is 0 Å². The number of aromatic nitrogens is 3. The third-order valence-corrected chi connectivity index (χ3v) is 3.15. The Morgan fingerprint density at radius 1 is 1.30 bits per heavy atom. The Balaban J connectivity index is 1.87. The molecule has 3 rings (SSSR count). The zero-order chi connectivity index (χ0) is 13.9. The average molecular weight is 268 g/mol. The lowest BCUT2D eigenvalue weighted by atomic mass is 10.2. The highest BCUT2D eigenvalue weighted by Gasteiger charge is 2.06. The highest BCUT2D eigenvalue weighted by Crippen LogP contribution is 2.20. The molecule has 0 spiro atoms. The minimum Gasteiger partial charge on any atom is -0.496 e. The van der Waals surface area contributed by atoms with E-state index in [1.165, 1.54) is 0 Å². The normalized spacial score (nSPS) is 10.7. The summed E-state index contributed by atoms with van der Waals surface area (Å²) in [5.74, 6) is 1.69. The zero-order valence-corrected chi connectivity index (χ0v) is 11.5. The number of rotatable bonds is 4. The van der Waals surface area contributed by atoms with E-state index in [9.17, 15) is 0 Å². The predicted octanol–water partition coefficient (Wildman–Crippen LogP) is 2.66. The summed E-state index contributed by atoms with van der Waals surface area (Å²) in [6.45, 7) is 2.62. The molecule has 1 N–H and O–H groups in total. The molecule has 0 fully saturated rings. The molecule has 5 nitrogen and oxygen atoms in total. The Labute approximate surface area is 117 Å². The van der Waals surface area contributed by atoms with Crippen molar-refractivity contribution in [3.05, 3.63) is 54.0 Å². The molecule has 1 aromatic carbocycles. The highest BCUT2D eigenvalue weighted by molar-refractivity contribution is 5.67. The van der Waals surface area contributed by atoms with E-state index in [0.717, 1.165) is 28.3 Å². The first-order valence-electron chi connectivity index (χ1n) is 6.44. The van der Waals surface area contributed by atoms with Crippen LogP contribution in [0.2, 0.25) is 0 Å². The first kappa shape index (κ1) is 12.5. The molecular formula is C15H16N4O. The fraction of sp³-hybridized carbons (Fsp3) is 0.200. The van der Waals surface area contributed by atoms with Gasteiger partial charge in [-0.15, -0.1) is 0 Å². The summed E-state index contributed by atoms with van der Waals surface area (Å²) in [4.78, 5) is 4.38. The van der Waals surface area contributed by atoms with E-state index in [2.05, 4.69) is 15.4 Å². The van der Waals surface area contributed by atoms with Crippen LogP contribution in [0.25, 0.3) is 5.52 Å². The summed E-state index contributed by atoms with van der Waals surface area (Å²) < 4.78 is 7.17. The zero-order valence-electron chi connectivity index (χ0n) is 11.5. The van der Waals surface area contributed by atoms with Gasteiger partial charge in [-0.25, -0.2) is 9.50 Å². The second-order valence-electron chi connectivity index (χ2n) is 4.56. The maximum absolute atomic E-state index is 5.35. The maximum atomic E-state index is 5.35. The largest absolute Gasteiger partial charge is 0.496 e. The molecule has 3 aromatic rings. The van der Waals surface area contributed by atoms with Gasteiger partial charge in [-0.05, 0) is 19.1 Å². The van der Waals surface area contributed by atoms with Crippen LogP contribution in [0.4, 0.5) is 5.82 Å². The van der Waals surface area contributed by atoms with E-state index in [1.54, 1.807) is 13.3 Å². The molecule has 0 aliphatic carbocycles. The molecule has 2 heterocycles. The molecule has 0 atom stereocenters. The van der Waals surface area contributed by atoms with Gasteiger partial charge in [-0.1, -0.05) is 18.2 Å². The van der Waals surface area contributed by atoms with E-state index in [-0.39, 0.29) is 0 Å². The Bertz CT molecular complexity index is 736. The molecule has 20 heavy (non-hydrogen) atoms. The van der Waals surface area contributed by atoms with Crippen molar-refractivity contribution in [2.45, 2.75) is 13.5 Å². The first-order chi connectivity index (χ1) is 9.78. The smallest absolute Gasteiger partial charge is 0.152 e. The lowest BCUT2D eigenvalue weighted by Crippen LogP contribution is -2.04. The maximum Gasteiger partial charge on any atom is 0.152 e. The van der Waals surface area contributed by atoms with Crippen molar-refractivity contribution in [2.24, 2.45) is 0 Å². The van der Waals surface area contributed by atoms with Gasteiger partial charge in [-0.2, -0.15) is 5.10 Å². The van der Waals surface area contributed by atoms with Gasteiger partial charge < -0.3 is 10.1 Å². The van der Waals surface area contributed by atoms with Crippen molar-refractivity contribution in [2.75, 3.05) is 12.4 Å². The van der Waals surface area contributed by atoms with Crippen LogP contribution in [0, 0.1) is 6.92 Å². The van der Waals surface area contributed by atoms with Crippen LogP contribution in [0.15, 0.2) is 42.7 Å². The summed E-state index contributed by atoms with van der Waals surface area (Å²) in [6.07, 6.45) is 3.58. The first-order valence-corrected chi connectivity index (χ1v) is 6.44. The van der Waals surface area contributed by atoms with Gasteiger partial charge in [0.05, 0.1) is 12.8 Å². The Kier molecular flexibility index (Phi) is 3.25. The number of aryl methyl sites for hydroxylation is 1. The molecule has 0 saturated heterocycles. The molecule has 0 bridgehead atoms. The summed E-state index contributed by atoms with van der Waals surface area (Å²) in [5.41, 5.74) is 3.04. The summed E-state index contributed by atoms with van der Waals surface area (Å²) in [5, 5.41) is 7.71. The van der Waals surface area contributed by atoms with Crippen molar-refractivity contribution in [3.63, 3.8) is 0 Å². The van der Waals surface area contributed by atoms with E-state index in [0.29, 0.717) is 6.54 Å². The molecule has 0 aliphatic rings. The monoisotopic (exact) mass is 268 g/mol. The number of fused-ring (bicyclic) bond motifs is 1. The average Bonchev–Trinajstić information content (AvgIpc) is 2.86. The van der Waals surface area contributed by atoms with Crippen molar-refractivity contribution in [3.8, 4) is 5.75 Å². The van der Waals surface area contributed by atoms with Crippen molar-refractivity contribution >= 4 is 11.3 Å². The van der Waals surface area contributed by atoms with Crippen molar-refractivity contribution in [1.29, 1.82) is 0 Å². The Hall–Kier alpha value is -2.56. The van der Waals surface area contributed by atoms with Gasteiger partial charge in [0.15, 0.2) is 5.82 Å². The van der Waals surface area contributed by atoms with Crippen molar-refractivity contribution < 1.29 is 4.74 Å². The predicted molar refractivity (Wildman–Crippen MR) is 78.0 cm³/mol. The van der Waals surface area contributed by atoms with Gasteiger partial charge in [0.2, 0.25) is 0 Å². The number of benzene rings is 1. The molecule has 0 amide bonds. The van der Waals surface area contributed by atoms with Gasteiger partial charge >= 0.3 is 0 Å². The number of nitrogens with zero attached hydrogens (tertiary/aromatic N) is 3. The lowest BCUT2D eigenvalue weighted by molar-refractivity contribution is 0.410. The number of hydrogen-bond acceptors (Lipinski definition) is 4. The molecule has 5 heteroatoms. The second kappa shape index (κ2) is 5.21. The summed E-state index contributed by atoms with van der Waals surface area (Å²) in [6, 6.07) is 9.96. The van der Waals surface area contributed by atoms with Crippen molar-refractivity contribution in [1.82, 2.24) is 14.6 Å². The standard InChI is InChI=1S/C15H16N4O/c1-11-9-13-15(16-7-8-19(13)18-11)17-10-12-5-3-4-6-14(12)20-2/h3-9H,10H2,1-2H3,(H,16,17). The van der Waals surface area contributed by atoms with Gasteiger partial charge in [-0.3, -0.25) is 0 Å². The summed E-state index contributed by atoms with van der Waals surface area (Å²) in [7, 11) is 1.68. The fourth-order valence-electron chi connectivity index (χ4n) is 2.21. The Morgan fingerprint density at radius 3 is 3.00 bits per heavy atom. The highest BCUT2D eigenvalue weighted by atomic mass is 16.5. The van der Waals surface area contributed by atoms with E-state index in [4.69, 9.17) is 4.74 Å². The number of para-hydroxylation sites is 1. The van der Waals surface area contributed by atoms with Gasteiger partial charge in [0.1, 0.15) is 11.3 Å². The third-order valence-electron chi connectivity index (χ3n) is 3.15. The SMILES string of the molecule is COc1ccccc1CNc1nccn2nc(C)cc12. The molecular weight excluding hydrogens is 252 g/mol. The van der Waals surface area contributed by atoms with Crippen LogP contribution in [-0.4, -0.2) is 21.7 Å². The molecule has 0 saturated carbocycles. The van der Waals surface area contributed by atoms with Gasteiger partial charge in [0, 0.05) is 24.5 Å². The van der Waals surface area contributed by atoms with Crippen LogP contribution in [0.5, 0.6) is 5.75 Å². The third kappa shape index (κ3) is 2.30. The fourth-order valence-corrected chi connectivity index (χ4v) is 2.21. The molecule has 102 valence electrons. The van der Waals surface area contributed by atoms with E-state index in [1.807, 2.05) is 48.0 Å². The number of methoxy groups -OCH3 is 1. The Morgan fingerprint density at radius 2 is 2.15 bits per heavy atom. The van der Waals surface area contributed by atoms with Crippen LogP contribution in [0.3, 0.4) is 0 Å². The minimum absolute atomic E-state index is 0.654. The van der Waals surface area contributed by atoms with Crippen LogP contribution in [0.1, 0.15) is 11.3 Å². The number of ether oxygens (including phenoxy) is 1. The van der Waals surface area contributed by atoms with E-state index >= 15 is 0 Å². The number of anilines is 1. The molecule has 0 unspecified atom stereocenters. The number of hydrogen-bond donors (Lipinski definition) is 1. The quantitative estimate of drug-likeness (QED) is 0.790. The number of nitrogens with one attached hydrogen (secondary N) is 1. The topological polar surface area (TPSA) is 51.5 Å². The minimum atomic E-state index is 0.654. The van der Waals surface area contributed by atoms with Crippen LogP contribution >= 0.6 is 0 Å². The molecule has 2 aromatic heterocycles. The van der Waals surface area contributed by atoms with Crippen LogP contribution in [-0.2, 0) is 6.54 Å². The lowest BCUT2D eigenvalue weighted by Gasteiger charge is -2.10. The molecule has 0 radical (unpaired) electrons. The second-order valence-corrected chi connectivity index (χ2v) is 4.56. The summed E-state index contributed by atoms with van der Waals surface area (Å²) >= 11 is 0. The van der Waals surface area contributed by atoms with E-state index < -0.39 is 0 Å².